The second-order valence-corrected chi connectivity index (χ2v) is 7.22. The quantitative estimate of drug-likeness (QED) is 0.764. The van der Waals surface area contributed by atoms with Gasteiger partial charge in [-0.2, -0.15) is 4.98 Å². The molecule has 1 aliphatic heterocycles. The number of amides is 1. The van der Waals surface area contributed by atoms with Crippen molar-refractivity contribution >= 4 is 11.6 Å². The standard InChI is InChI=1S/C22H30N4O2/c1-5-25(6-2)19-9-7-18(8-10-19)22(27)26-13-11-20(12-14-26)28-21-15-16(3)23-17(4)24-21/h7-10,15,20H,5-6,11-14H2,1-4H3. The number of rotatable bonds is 6. The molecule has 0 spiro atoms. The van der Waals surface area contributed by atoms with Crippen molar-refractivity contribution in [2.45, 2.75) is 46.6 Å². The number of carbonyl (C=O) groups is 1. The van der Waals surface area contributed by atoms with Crippen LogP contribution in [0, 0.1) is 13.8 Å². The van der Waals surface area contributed by atoms with Crippen LogP contribution < -0.4 is 9.64 Å². The van der Waals surface area contributed by atoms with Gasteiger partial charge in [-0.05, 0) is 52.0 Å². The fourth-order valence-electron chi connectivity index (χ4n) is 3.68. The van der Waals surface area contributed by atoms with Crippen molar-refractivity contribution in [3.63, 3.8) is 0 Å². The zero-order chi connectivity index (χ0) is 20.1. The van der Waals surface area contributed by atoms with Crippen LogP contribution in [0.2, 0.25) is 0 Å². The number of ether oxygens (including phenoxy) is 1. The molecule has 0 atom stereocenters. The normalized spacial score (nSPS) is 14.8. The van der Waals surface area contributed by atoms with Crippen LogP contribution in [-0.2, 0) is 0 Å². The summed E-state index contributed by atoms with van der Waals surface area (Å²) in [6, 6.07) is 9.81. The Balaban J connectivity index is 1.56. The number of anilines is 1. The molecule has 28 heavy (non-hydrogen) atoms. The monoisotopic (exact) mass is 382 g/mol. The number of likely N-dealkylation sites (tertiary alicyclic amines) is 1. The van der Waals surface area contributed by atoms with Gasteiger partial charge >= 0.3 is 0 Å². The van der Waals surface area contributed by atoms with Gasteiger partial charge in [0.15, 0.2) is 0 Å². The van der Waals surface area contributed by atoms with Crippen molar-refractivity contribution in [1.29, 1.82) is 0 Å². The third kappa shape index (κ3) is 4.80. The summed E-state index contributed by atoms with van der Waals surface area (Å²) in [5.41, 5.74) is 2.81. The van der Waals surface area contributed by atoms with Crippen LogP contribution in [0.15, 0.2) is 30.3 Å². The Bertz CT molecular complexity index is 774. The summed E-state index contributed by atoms with van der Waals surface area (Å²) in [6.45, 7) is 11.4. The molecule has 1 saturated heterocycles. The molecular formula is C22H30N4O2. The van der Waals surface area contributed by atoms with Crippen molar-refractivity contribution in [3.8, 4) is 5.88 Å². The number of aromatic nitrogens is 2. The highest BCUT2D eigenvalue weighted by Gasteiger charge is 2.25. The molecule has 1 aromatic carbocycles. The van der Waals surface area contributed by atoms with E-state index in [0.29, 0.717) is 19.0 Å². The van der Waals surface area contributed by atoms with Gasteiger partial charge in [-0.3, -0.25) is 4.79 Å². The number of hydrogen-bond acceptors (Lipinski definition) is 5. The third-order valence-electron chi connectivity index (χ3n) is 5.20. The zero-order valence-electron chi connectivity index (χ0n) is 17.3. The largest absolute Gasteiger partial charge is 0.474 e. The number of benzene rings is 1. The van der Waals surface area contributed by atoms with Crippen LogP contribution in [0.5, 0.6) is 5.88 Å². The molecule has 1 aliphatic rings. The number of carbonyl (C=O) groups excluding carboxylic acids is 1. The second-order valence-electron chi connectivity index (χ2n) is 7.22. The van der Waals surface area contributed by atoms with E-state index in [1.807, 2.05) is 49.1 Å². The number of hydrogen-bond donors (Lipinski definition) is 0. The number of aryl methyl sites for hydroxylation is 2. The predicted molar refractivity (Wildman–Crippen MR) is 111 cm³/mol. The van der Waals surface area contributed by atoms with Crippen LogP contribution in [0.4, 0.5) is 5.69 Å². The van der Waals surface area contributed by atoms with Crippen molar-refractivity contribution in [2.75, 3.05) is 31.1 Å². The minimum Gasteiger partial charge on any atom is -0.474 e. The van der Waals surface area contributed by atoms with E-state index in [0.717, 1.165) is 48.7 Å². The molecule has 1 aromatic heterocycles. The van der Waals surface area contributed by atoms with E-state index in [1.165, 1.54) is 0 Å². The second kappa shape index (κ2) is 9.04. The van der Waals surface area contributed by atoms with Crippen LogP contribution in [-0.4, -0.2) is 53.1 Å². The fraction of sp³-hybridized carbons (Fsp3) is 0.500. The molecule has 0 unspecified atom stereocenters. The van der Waals surface area contributed by atoms with E-state index >= 15 is 0 Å². The first kappa shape index (κ1) is 20.1. The van der Waals surface area contributed by atoms with Crippen molar-refractivity contribution < 1.29 is 9.53 Å². The summed E-state index contributed by atoms with van der Waals surface area (Å²) in [7, 11) is 0. The highest BCUT2D eigenvalue weighted by Crippen LogP contribution is 2.21. The van der Waals surface area contributed by atoms with Gasteiger partial charge in [0.25, 0.3) is 5.91 Å². The van der Waals surface area contributed by atoms with Crippen LogP contribution in [0.1, 0.15) is 48.6 Å². The molecule has 0 bridgehead atoms. The minimum absolute atomic E-state index is 0.0859. The summed E-state index contributed by atoms with van der Waals surface area (Å²) in [4.78, 5) is 25.6. The van der Waals surface area contributed by atoms with E-state index in [4.69, 9.17) is 4.74 Å². The first-order valence-electron chi connectivity index (χ1n) is 10.1. The third-order valence-corrected chi connectivity index (χ3v) is 5.20. The van der Waals surface area contributed by atoms with E-state index in [-0.39, 0.29) is 12.0 Å². The number of piperidine rings is 1. The van der Waals surface area contributed by atoms with Gasteiger partial charge in [0.1, 0.15) is 11.9 Å². The van der Waals surface area contributed by atoms with Crippen molar-refractivity contribution in [2.24, 2.45) is 0 Å². The molecule has 2 aromatic rings. The molecule has 1 fully saturated rings. The van der Waals surface area contributed by atoms with Gasteiger partial charge in [0.2, 0.25) is 5.88 Å². The maximum Gasteiger partial charge on any atom is 0.253 e. The maximum absolute atomic E-state index is 12.8. The maximum atomic E-state index is 12.8. The first-order chi connectivity index (χ1) is 13.5. The van der Waals surface area contributed by atoms with Gasteiger partial charge in [0.05, 0.1) is 0 Å². The lowest BCUT2D eigenvalue weighted by atomic mass is 10.1. The Morgan fingerprint density at radius 3 is 2.32 bits per heavy atom. The number of nitrogens with zero attached hydrogens (tertiary/aromatic N) is 4. The molecule has 6 heteroatoms. The predicted octanol–water partition coefficient (Wildman–Crippen LogP) is 3.62. The van der Waals surface area contributed by atoms with E-state index in [2.05, 4.69) is 28.7 Å². The summed E-state index contributed by atoms with van der Waals surface area (Å²) >= 11 is 0. The Morgan fingerprint density at radius 2 is 1.75 bits per heavy atom. The average molecular weight is 383 g/mol. The SMILES string of the molecule is CCN(CC)c1ccc(C(=O)N2CCC(Oc3cc(C)nc(C)n3)CC2)cc1. The highest BCUT2D eigenvalue weighted by molar-refractivity contribution is 5.94. The van der Waals surface area contributed by atoms with Gasteiger partial charge < -0.3 is 14.5 Å². The molecular weight excluding hydrogens is 352 g/mol. The fourth-order valence-corrected chi connectivity index (χ4v) is 3.68. The minimum atomic E-state index is 0.0859. The smallest absolute Gasteiger partial charge is 0.253 e. The van der Waals surface area contributed by atoms with E-state index in [9.17, 15) is 4.79 Å². The average Bonchev–Trinajstić information content (AvgIpc) is 2.69. The van der Waals surface area contributed by atoms with Gasteiger partial charge in [-0.1, -0.05) is 0 Å². The van der Waals surface area contributed by atoms with E-state index in [1.54, 1.807) is 0 Å². The van der Waals surface area contributed by atoms with Crippen molar-refractivity contribution in [3.05, 3.63) is 47.4 Å². The van der Waals surface area contributed by atoms with E-state index < -0.39 is 0 Å². The summed E-state index contributed by atoms with van der Waals surface area (Å²) < 4.78 is 6.02. The molecule has 0 aliphatic carbocycles. The topological polar surface area (TPSA) is 58.6 Å². The Morgan fingerprint density at radius 1 is 1.11 bits per heavy atom. The molecule has 1 amide bonds. The zero-order valence-corrected chi connectivity index (χ0v) is 17.3. The van der Waals surface area contributed by atoms with Gasteiger partial charge in [0, 0.05) is 62.0 Å². The Kier molecular flexibility index (Phi) is 6.49. The Labute approximate surface area is 167 Å². The molecule has 0 saturated carbocycles. The van der Waals surface area contributed by atoms with Gasteiger partial charge in [-0.25, -0.2) is 4.98 Å². The lowest BCUT2D eigenvalue weighted by molar-refractivity contribution is 0.0587. The highest BCUT2D eigenvalue weighted by atomic mass is 16.5. The first-order valence-corrected chi connectivity index (χ1v) is 10.1. The van der Waals surface area contributed by atoms with Crippen molar-refractivity contribution in [1.82, 2.24) is 14.9 Å². The molecule has 3 rings (SSSR count). The summed E-state index contributed by atoms with van der Waals surface area (Å²) in [5.74, 6) is 1.44. The summed E-state index contributed by atoms with van der Waals surface area (Å²) in [6.07, 6.45) is 1.71. The molecule has 2 heterocycles. The molecule has 0 N–H and O–H groups in total. The van der Waals surface area contributed by atoms with Crippen LogP contribution in [0.3, 0.4) is 0 Å². The molecule has 6 nitrogen and oxygen atoms in total. The Hall–Kier alpha value is -2.63. The van der Waals surface area contributed by atoms with Crippen LogP contribution >= 0.6 is 0 Å². The van der Waals surface area contributed by atoms with Gasteiger partial charge in [-0.15, -0.1) is 0 Å². The summed E-state index contributed by atoms with van der Waals surface area (Å²) in [5, 5.41) is 0. The molecule has 150 valence electrons. The lowest BCUT2D eigenvalue weighted by Crippen LogP contribution is -2.41. The van der Waals surface area contributed by atoms with Crippen LogP contribution in [0.25, 0.3) is 0 Å². The molecule has 0 radical (unpaired) electrons. The lowest BCUT2D eigenvalue weighted by Gasteiger charge is -2.32.